The number of carbonyl (C=O) groups excluding carboxylic acids is 1. The molecule has 118 valence electrons. The van der Waals surface area contributed by atoms with Crippen molar-refractivity contribution >= 4 is 30.1 Å². The van der Waals surface area contributed by atoms with E-state index in [9.17, 15) is 4.79 Å². The Hall–Kier alpha value is -0.710. The molecule has 0 aromatic heterocycles. The third-order valence-corrected chi connectivity index (χ3v) is 5.50. The van der Waals surface area contributed by atoms with Crippen LogP contribution in [0.2, 0.25) is 0 Å². The van der Waals surface area contributed by atoms with Crippen LogP contribution in [-0.4, -0.2) is 23.7 Å². The lowest BCUT2D eigenvalue weighted by molar-refractivity contribution is -0.121. The Balaban J connectivity index is 0.00000220. The van der Waals surface area contributed by atoms with Crippen LogP contribution in [-0.2, 0) is 11.2 Å². The molecule has 1 atom stereocenters. The van der Waals surface area contributed by atoms with Gasteiger partial charge in [-0.2, -0.15) is 0 Å². The predicted octanol–water partition coefficient (Wildman–Crippen LogP) is 3.07. The summed E-state index contributed by atoms with van der Waals surface area (Å²) in [6.07, 6.45) is 2.80. The minimum atomic E-state index is -0.283. The van der Waals surface area contributed by atoms with Crippen molar-refractivity contribution in [3.8, 4) is 0 Å². The molecule has 1 aliphatic rings. The third kappa shape index (κ3) is 4.38. The highest BCUT2D eigenvalue weighted by Gasteiger charge is 2.28. The highest BCUT2D eigenvalue weighted by atomic mass is 35.5. The number of fused-ring (bicyclic) bond motifs is 1. The lowest BCUT2D eigenvalue weighted by atomic mass is 9.94. The zero-order valence-corrected chi connectivity index (χ0v) is 14.4. The number of thioether (sulfide) groups is 1. The maximum atomic E-state index is 12.5. The lowest BCUT2D eigenvalue weighted by Crippen LogP contribution is -2.50. The van der Waals surface area contributed by atoms with E-state index < -0.39 is 0 Å². The summed E-state index contributed by atoms with van der Waals surface area (Å²) in [4.78, 5) is 12.5. The molecule has 3 N–H and O–H groups in total. The van der Waals surface area contributed by atoms with Crippen LogP contribution in [0.4, 0.5) is 0 Å². The second-order valence-electron chi connectivity index (χ2n) is 5.49. The van der Waals surface area contributed by atoms with Crippen LogP contribution >= 0.6 is 24.2 Å². The first-order chi connectivity index (χ1) is 9.59. The van der Waals surface area contributed by atoms with Crippen LogP contribution in [0.5, 0.6) is 0 Å². The van der Waals surface area contributed by atoms with E-state index in [-0.39, 0.29) is 29.1 Å². The Morgan fingerprint density at radius 3 is 2.71 bits per heavy atom. The van der Waals surface area contributed by atoms with Crippen molar-refractivity contribution in [2.24, 2.45) is 5.73 Å². The number of hydrogen-bond acceptors (Lipinski definition) is 3. The van der Waals surface area contributed by atoms with Crippen LogP contribution in [0.3, 0.4) is 0 Å². The largest absolute Gasteiger partial charge is 0.353 e. The monoisotopic (exact) mass is 328 g/mol. The van der Waals surface area contributed by atoms with E-state index in [1.54, 1.807) is 11.8 Å². The van der Waals surface area contributed by atoms with Crippen LogP contribution in [0.1, 0.15) is 43.1 Å². The first-order valence-electron chi connectivity index (χ1n) is 7.35. The minimum Gasteiger partial charge on any atom is -0.353 e. The van der Waals surface area contributed by atoms with Gasteiger partial charge in [-0.1, -0.05) is 38.1 Å². The van der Waals surface area contributed by atoms with Gasteiger partial charge >= 0.3 is 0 Å². The molecule has 1 aromatic rings. The first-order valence-corrected chi connectivity index (χ1v) is 8.40. The van der Waals surface area contributed by atoms with Gasteiger partial charge in [0.15, 0.2) is 0 Å². The quantitative estimate of drug-likeness (QED) is 0.873. The summed E-state index contributed by atoms with van der Waals surface area (Å²) in [5.74, 6) is 1.10. The molecular weight excluding hydrogens is 304 g/mol. The Morgan fingerprint density at radius 2 is 2.05 bits per heavy atom. The molecule has 1 heterocycles. The molecular formula is C16H25ClN2OS. The van der Waals surface area contributed by atoms with E-state index in [1.165, 1.54) is 5.56 Å². The van der Waals surface area contributed by atoms with E-state index >= 15 is 0 Å². The van der Waals surface area contributed by atoms with Crippen molar-refractivity contribution < 1.29 is 4.79 Å². The number of nitrogens with one attached hydrogen (secondary N) is 1. The number of rotatable bonds is 5. The molecule has 1 unspecified atom stereocenters. The zero-order chi connectivity index (χ0) is 14.6. The van der Waals surface area contributed by atoms with Crippen molar-refractivity contribution in [3.63, 3.8) is 0 Å². The summed E-state index contributed by atoms with van der Waals surface area (Å²) in [5.41, 5.74) is 8.43. The number of aryl methyl sites for hydroxylation is 1. The highest BCUT2D eigenvalue weighted by molar-refractivity contribution is 8.00. The number of nitrogens with two attached hydrogens (primary N) is 1. The number of amides is 1. The molecule has 21 heavy (non-hydrogen) atoms. The number of halogens is 1. The molecule has 0 saturated heterocycles. The molecule has 2 rings (SSSR count). The Bertz CT molecular complexity index is 477. The molecule has 0 bridgehead atoms. The molecule has 0 aliphatic carbocycles. The fourth-order valence-electron chi connectivity index (χ4n) is 2.47. The summed E-state index contributed by atoms with van der Waals surface area (Å²) >= 11 is 1.73. The van der Waals surface area contributed by atoms with Crippen LogP contribution in [0, 0.1) is 0 Å². The summed E-state index contributed by atoms with van der Waals surface area (Å²) in [6, 6.07) is 8.25. The van der Waals surface area contributed by atoms with E-state index in [1.807, 2.05) is 12.1 Å². The van der Waals surface area contributed by atoms with Crippen molar-refractivity contribution in [2.45, 2.75) is 43.9 Å². The smallest absolute Gasteiger partial charge is 0.237 e. The molecule has 1 aliphatic heterocycles. The van der Waals surface area contributed by atoms with Gasteiger partial charge in [-0.15, -0.1) is 24.2 Å². The second-order valence-corrected chi connectivity index (χ2v) is 6.70. The van der Waals surface area contributed by atoms with Crippen LogP contribution in [0.25, 0.3) is 0 Å². The van der Waals surface area contributed by atoms with Gasteiger partial charge in [-0.25, -0.2) is 0 Å². The molecule has 1 aromatic carbocycles. The van der Waals surface area contributed by atoms with E-state index in [0.29, 0.717) is 6.54 Å². The van der Waals surface area contributed by atoms with E-state index in [0.717, 1.165) is 30.6 Å². The van der Waals surface area contributed by atoms with Crippen molar-refractivity contribution in [1.82, 2.24) is 5.32 Å². The molecule has 5 heteroatoms. The number of benzene rings is 1. The maximum absolute atomic E-state index is 12.5. The molecule has 0 spiro atoms. The van der Waals surface area contributed by atoms with Crippen LogP contribution < -0.4 is 11.1 Å². The van der Waals surface area contributed by atoms with Crippen molar-refractivity contribution in [3.05, 3.63) is 35.4 Å². The second kappa shape index (κ2) is 8.06. The Morgan fingerprint density at radius 1 is 1.38 bits per heavy atom. The fraction of sp³-hybridized carbons (Fsp3) is 0.562. The molecule has 1 amide bonds. The third-order valence-electron chi connectivity index (χ3n) is 4.25. The van der Waals surface area contributed by atoms with Gasteiger partial charge in [0, 0.05) is 12.1 Å². The average molecular weight is 329 g/mol. The fourth-order valence-corrected chi connectivity index (χ4v) is 3.68. The van der Waals surface area contributed by atoms with Gasteiger partial charge < -0.3 is 11.1 Å². The van der Waals surface area contributed by atoms with Gasteiger partial charge in [-0.3, -0.25) is 4.79 Å². The van der Waals surface area contributed by atoms with E-state index in [4.69, 9.17) is 5.73 Å². The van der Waals surface area contributed by atoms with Gasteiger partial charge in [0.25, 0.3) is 0 Å². The Kier molecular flexibility index (Phi) is 7.04. The van der Waals surface area contributed by atoms with E-state index in [2.05, 4.69) is 31.3 Å². The maximum Gasteiger partial charge on any atom is 0.237 e. The zero-order valence-electron chi connectivity index (χ0n) is 12.7. The average Bonchev–Trinajstić information content (AvgIpc) is 2.51. The molecule has 3 nitrogen and oxygen atoms in total. The topological polar surface area (TPSA) is 55.1 Å². The molecule has 0 saturated carbocycles. The van der Waals surface area contributed by atoms with Gasteiger partial charge in [0.1, 0.15) is 5.25 Å². The number of carbonyl (C=O) groups is 1. The van der Waals surface area contributed by atoms with Crippen LogP contribution in [0.15, 0.2) is 24.3 Å². The van der Waals surface area contributed by atoms with Gasteiger partial charge in [-0.05, 0) is 36.1 Å². The van der Waals surface area contributed by atoms with Crippen molar-refractivity contribution in [1.29, 1.82) is 0 Å². The Labute approximate surface area is 137 Å². The molecule has 0 fully saturated rings. The minimum absolute atomic E-state index is 0. The summed E-state index contributed by atoms with van der Waals surface area (Å²) < 4.78 is 0. The normalized spacial score (nSPS) is 17.6. The lowest BCUT2D eigenvalue weighted by Gasteiger charge is -2.29. The standard InChI is InChI=1S/C16H24N2OS.ClH/c1-3-16(17,4-2)11-18-15(19)14-13-8-6-5-7-12(13)9-10-20-14;/h5-8,14H,3-4,9-11,17H2,1-2H3,(H,18,19);1H. The highest BCUT2D eigenvalue weighted by Crippen LogP contribution is 2.36. The molecule has 0 radical (unpaired) electrons. The van der Waals surface area contributed by atoms with Crippen molar-refractivity contribution in [2.75, 3.05) is 12.3 Å². The SMILES string of the molecule is CCC(N)(CC)CNC(=O)C1SCCc2ccccc21.Cl. The predicted molar refractivity (Wildman–Crippen MR) is 93.1 cm³/mol. The summed E-state index contributed by atoms with van der Waals surface area (Å²) in [5, 5.41) is 2.97. The first kappa shape index (κ1) is 18.3. The number of hydrogen-bond donors (Lipinski definition) is 2. The van der Waals surface area contributed by atoms with Gasteiger partial charge in [0.2, 0.25) is 5.91 Å². The summed E-state index contributed by atoms with van der Waals surface area (Å²) in [6.45, 7) is 4.69. The van der Waals surface area contributed by atoms with Gasteiger partial charge in [0.05, 0.1) is 0 Å². The summed E-state index contributed by atoms with van der Waals surface area (Å²) in [7, 11) is 0.